The maximum Gasteiger partial charge on any atom is 0.490 e. The zero-order chi connectivity index (χ0) is 34.9. The lowest BCUT2D eigenvalue weighted by atomic mass is 10.1. The van der Waals surface area contributed by atoms with E-state index in [4.69, 9.17) is 20.4 Å². The summed E-state index contributed by atoms with van der Waals surface area (Å²) in [5.74, 6) is -3.12. The van der Waals surface area contributed by atoms with Crippen LogP contribution in [0.25, 0.3) is 0 Å². The third kappa shape index (κ3) is 14.8. The summed E-state index contributed by atoms with van der Waals surface area (Å²) >= 11 is 10.1. The van der Waals surface area contributed by atoms with Crippen LogP contribution < -0.4 is 21.1 Å². The highest BCUT2D eigenvalue weighted by Gasteiger charge is 2.38. The molecule has 0 fully saturated rings. The van der Waals surface area contributed by atoms with Crippen LogP contribution in [0.15, 0.2) is 54.1 Å². The van der Waals surface area contributed by atoms with E-state index in [0.717, 1.165) is 18.4 Å². The van der Waals surface area contributed by atoms with Crippen molar-refractivity contribution < 1.29 is 52.9 Å². The van der Waals surface area contributed by atoms with Crippen molar-refractivity contribution in [2.24, 2.45) is 16.0 Å². The van der Waals surface area contributed by atoms with E-state index in [1.54, 1.807) is 24.3 Å². The maximum atomic E-state index is 12.4. The normalized spacial score (nSPS) is 11.7. The smallest absolute Gasteiger partial charge is 0.490 e. The molecule has 0 saturated carbocycles. The van der Waals surface area contributed by atoms with Crippen LogP contribution in [-0.4, -0.2) is 82.3 Å². The molecule has 0 aliphatic heterocycles. The number of carboxylic acids is 1. The number of phenolic OH excluding ortho intramolecular Hbond substituents is 1. The van der Waals surface area contributed by atoms with Gasteiger partial charge in [0.1, 0.15) is 22.9 Å². The minimum Gasteiger partial charge on any atom is -0.507 e. The quantitative estimate of drug-likeness (QED) is 0.0581. The van der Waals surface area contributed by atoms with Gasteiger partial charge in [-0.3, -0.25) is 9.59 Å². The largest absolute Gasteiger partial charge is 0.507 e. The first-order valence-electron chi connectivity index (χ1n) is 13.2. The number of phenols is 1. The van der Waals surface area contributed by atoms with Gasteiger partial charge in [-0.05, 0) is 109 Å². The third-order valence-corrected chi connectivity index (χ3v) is 7.40. The molecule has 0 aromatic heterocycles. The number of aliphatic carboxylic acids is 1. The van der Waals surface area contributed by atoms with Crippen LogP contribution in [0.5, 0.6) is 11.5 Å². The molecule has 13 nitrogen and oxygen atoms in total. The first-order valence-corrected chi connectivity index (χ1v) is 15.6. The SMILES string of the molecule is NCCCCNC(=O)/C(Cc1cc(Br)c(OCCCNC(=O)/C(Cc2ccc(O)c(Br)c2)=N/O)c(Br)c1)=N/O.O=C(O)C(F)(F)F. The van der Waals surface area contributed by atoms with Gasteiger partial charge in [-0.25, -0.2) is 4.79 Å². The average molecular weight is 850 g/mol. The lowest BCUT2D eigenvalue weighted by Crippen LogP contribution is -2.33. The Morgan fingerprint density at radius 1 is 0.826 bits per heavy atom. The molecule has 254 valence electrons. The molecule has 0 saturated heterocycles. The monoisotopic (exact) mass is 847 g/mol. The summed E-state index contributed by atoms with van der Waals surface area (Å²) < 4.78 is 39.3. The van der Waals surface area contributed by atoms with Gasteiger partial charge >= 0.3 is 12.1 Å². The van der Waals surface area contributed by atoms with E-state index < -0.39 is 24.0 Å². The average Bonchev–Trinajstić information content (AvgIpc) is 2.99. The molecule has 8 N–H and O–H groups in total. The standard InChI is InChI=1S/C25H30Br3N5O6.C2HF3O2/c26-17-10-15(4-5-22(17)34)13-20(32-37)24(35)31-8-3-9-39-23-18(27)11-16(12-19(23)28)14-21(33-38)25(36)30-7-2-1-6-29;3-2(4,5)1(6)7/h4-5,10-12,34,37-38H,1-3,6-9,13-14,29H2,(H,30,36)(H,31,35);(H,6,7)/b32-20+,33-21+;. The molecule has 0 unspecified atom stereocenters. The number of hydrogen-bond acceptors (Lipinski definition) is 10. The number of nitrogens with two attached hydrogens (primary N) is 1. The second-order valence-corrected chi connectivity index (χ2v) is 11.7. The first kappa shape index (κ1) is 40.6. The zero-order valence-corrected chi connectivity index (χ0v) is 28.7. The molecule has 0 atom stereocenters. The number of hydrogen-bond donors (Lipinski definition) is 7. The predicted molar refractivity (Wildman–Crippen MR) is 172 cm³/mol. The van der Waals surface area contributed by atoms with E-state index in [9.17, 15) is 38.3 Å². The molecule has 0 radical (unpaired) electrons. The molecule has 0 bridgehead atoms. The van der Waals surface area contributed by atoms with Crippen molar-refractivity contribution in [2.75, 3.05) is 26.2 Å². The number of oxime groups is 2. The van der Waals surface area contributed by atoms with Crippen LogP contribution in [0.2, 0.25) is 0 Å². The summed E-state index contributed by atoms with van der Waals surface area (Å²) in [5, 5.41) is 46.9. The van der Waals surface area contributed by atoms with Crippen LogP contribution in [-0.2, 0) is 27.2 Å². The fourth-order valence-electron chi connectivity index (χ4n) is 3.35. The number of carbonyl (C=O) groups is 3. The zero-order valence-electron chi connectivity index (χ0n) is 23.9. The maximum absolute atomic E-state index is 12.4. The Kier molecular flexibility index (Phi) is 18.2. The van der Waals surface area contributed by atoms with Crippen molar-refractivity contribution in [3.63, 3.8) is 0 Å². The van der Waals surface area contributed by atoms with Crippen molar-refractivity contribution in [2.45, 2.75) is 38.3 Å². The molecule has 0 heterocycles. The molecule has 46 heavy (non-hydrogen) atoms. The van der Waals surface area contributed by atoms with Gasteiger partial charge in [0.25, 0.3) is 11.8 Å². The predicted octanol–water partition coefficient (Wildman–Crippen LogP) is 4.50. The van der Waals surface area contributed by atoms with E-state index in [2.05, 4.69) is 68.7 Å². The van der Waals surface area contributed by atoms with Crippen LogP contribution >= 0.6 is 47.8 Å². The van der Waals surface area contributed by atoms with Crippen molar-refractivity contribution in [3.05, 3.63) is 54.9 Å². The number of benzene rings is 2. The second kappa shape index (κ2) is 20.7. The molecule has 2 amide bonds. The highest BCUT2D eigenvalue weighted by atomic mass is 79.9. The number of alkyl halides is 3. The van der Waals surface area contributed by atoms with Crippen LogP contribution in [0, 0.1) is 0 Å². The Balaban J connectivity index is 0.00000135. The topological polar surface area (TPSA) is 216 Å². The van der Waals surface area contributed by atoms with Crippen LogP contribution in [0.4, 0.5) is 13.2 Å². The van der Waals surface area contributed by atoms with Crippen molar-refractivity contribution in [1.29, 1.82) is 0 Å². The number of amides is 2. The van der Waals surface area contributed by atoms with Crippen molar-refractivity contribution in [1.82, 2.24) is 10.6 Å². The summed E-state index contributed by atoms with van der Waals surface area (Å²) in [7, 11) is 0. The second-order valence-electron chi connectivity index (χ2n) is 9.13. The summed E-state index contributed by atoms with van der Waals surface area (Å²) in [6.07, 6.45) is -2.89. The molecule has 2 aromatic carbocycles. The van der Waals surface area contributed by atoms with E-state index in [0.29, 0.717) is 44.2 Å². The molecule has 0 spiro atoms. The Hall–Kier alpha value is -3.42. The molecule has 19 heteroatoms. The van der Waals surface area contributed by atoms with Gasteiger partial charge in [-0.1, -0.05) is 16.4 Å². The van der Waals surface area contributed by atoms with E-state index in [-0.39, 0.29) is 43.2 Å². The Bertz CT molecular complexity index is 1390. The van der Waals surface area contributed by atoms with Gasteiger partial charge in [0.05, 0.1) is 20.0 Å². The molecule has 0 aliphatic rings. The fourth-order valence-corrected chi connectivity index (χ4v) is 5.28. The molecular weight excluding hydrogens is 819 g/mol. The number of halogens is 6. The number of aromatic hydroxyl groups is 1. The van der Waals surface area contributed by atoms with Gasteiger partial charge in [-0.15, -0.1) is 0 Å². The third-order valence-electron chi connectivity index (χ3n) is 5.59. The number of carboxylic acid groups (broad SMARTS) is 1. The Morgan fingerprint density at radius 2 is 1.30 bits per heavy atom. The van der Waals surface area contributed by atoms with Crippen LogP contribution in [0.1, 0.15) is 30.4 Å². The number of nitrogens with one attached hydrogen (secondary N) is 2. The van der Waals surface area contributed by atoms with Gasteiger partial charge in [-0.2, -0.15) is 13.2 Å². The number of unbranched alkanes of at least 4 members (excludes halogenated alkanes) is 1. The van der Waals surface area contributed by atoms with Gasteiger partial charge < -0.3 is 41.7 Å². The van der Waals surface area contributed by atoms with Gasteiger partial charge in [0.15, 0.2) is 0 Å². The van der Waals surface area contributed by atoms with E-state index >= 15 is 0 Å². The summed E-state index contributed by atoms with van der Waals surface area (Å²) in [5.41, 5.74) is 6.76. The number of rotatable bonds is 15. The molecule has 2 rings (SSSR count). The highest BCUT2D eigenvalue weighted by Crippen LogP contribution is 2.35. The highest BCUT2D eigenvalue weighted by molar-refractivity contribution is 9.11. The first-order chi connectivity index (χ1) is 21.6. The summed E-state index contributed by atoms with van der Waals surface area (Å²) in [6.45, 7) is 1.55. The van der Waals surface area contributed by atoms with Crippen molar-refractivity contribution in [3.8, 4) is 11.5 Å². The minimum atomic E-state index is -5.08. The van der Waals surface area contributed by atoms with E-state index in [1.807, 2.05) is 0 Å². The van der Waals surface area contributed by atoms with E-state index in [1.165, 1.54) is 6.07 Å². The van der Waals surface area contributed by atoms with Crippen molar-refractivity contribution >= 4 is 77.0 Å². The molecule has 2 aromatic rings. The number of carbonyl (C=O) groups excluding carboxylic acids is 2. The minimum absolute atomic E-state index is 0.0187. The van der Waals surface area contributed by atoms with Gasteiger partial charge in [0.2, 0.25) is 0 Å². The molecular formula is C27H31Br3F3N5O8. The summed E-state index contributed by atoms with van der Waals surface area (Å²) in [4.78, 5) is 33.5. The number of ether oxygens (including phenoxy) is 1. The Labute approximate surface area is 286 Å². The lowest BCUT2D eigenvalue weighted by Gasteiger charge is -2.13. The summed E-state index contributed by atoms with van der Waals surface area (Å²) in [6, 6.07) is 8.28. The lowest BCUT2D eigenvalue weighted by molar-refractivity contribution is -0.192. The number of nitrogens with zero attached hydrogens (tertiary/aromatic N) is 2. The molecule has 0 aliphatic carbocycles. The Morgan fingerprint density at radius 3 is 1.76 bits per heavy atom. The van der Waals surface area contributed by atoms with Crippen LogP contribution in [0.3, 0.4) is 0 Å². The van der Waals surface area contributed by atoms with Gasteiger partial charge in [0, 0.05) is 25.9 Å². The fraction of sp³-hybridized carbons (Fsp3) is 0.370.